The molecule has 17 heavy (non-hydrogen) atoms. The third-order valence-corrected chi connectivity index (χ3v) is 2.93. The van der Waals surface area contributed by atoms with Gasteiger partial charge in [-0.2, -0.15) is 0 Å². The van der Waals surface area contributed by atoms with Crippen molar-refractivity contribution in [1.82, 2.24) is 4.57 Å². The summed E-state index contributed by atoms with van der Waals surface area (Å²) in [5, 5.41) is 19.7. The Balaban J connectivity index is 2.68. The Hall–Kier alpha value is -1.56. The molecule has 2 aromatic rings. The van der Waals surface area contributed by atoms with Crippen molar-refractivity contribution >= 4 is 15.9 Å². The Kier molecular flexibility index (Phi) is 3.06. The maximum absolute atomic E-state index is 13.5. The van der Waals surface area contributed by atoms with E-state index in [4.69, 9.17) is 0 Å². The molecule has 0 unspecified atom stereocenters. The van der Waals surface area contributed by atoms with Gasteiger partial charge in [-0.15, -0.1) is 0 Å². The minimum Gasteiger partial charge on any atom is -0.494 e. The molecule has 0 atom stereocenters. The number of nitrogens with zero attached hydrogens (tertiary/aromatic N) is 1. The summed E-state index contributed by atoms with van der Waals surface area (Å²) < 4.78 is 27.4. The zero-order chi connectivity index (χ0) is 12.6. The lowest BCUT2D eigenvalue weighted by atomic mass is 10.3. The van der Waals surface area contributed by atoms with E-state index in [0.717, 1.165) is 22.8 Å². The van der Waals surface area contributed by atoms with Crippen LogP contribution < -0.4 is 0 Å². The van der Waals surface area contributed by atoms with Crippen molar-refractivity contribution in [2.75, 3.05) is 0 Å². The molecule has 0 saturated carbocycles. The Bertz CT molecular complexity index is 569. The Morgan fingerprint density at radius 3 is 2.47 bits per heavy atom. The van der Waals surface area contributed by atoms with Gasteiger partial charge < -0.3 is 10.2 Å². The van der Waals surface area contributed by atoms with Crippen molar-refractivity contribution in [1.29, 1.82) is 0 Å². The smallest absolute Gasteiger partial charge is 0.202 e. The highest BCUT2D eigenvalue weighted by molar-refractivity contribution is 9.08. The Labute approximate surface area is 104 Å². The van der Waals surface area contributed by atoms with Crippen LogP contribution in [0.15, 0.2) is 24.3 Å². The molecule has 90 valence electrons. The van der Waals surface area contributed by atoms with E-state index in [2.05, 4.69) is 15.9 Å². The molecule has 2 rings (SSSR count). The predicted octanol–water partition coefficient (Wildman–Crippen LogP) is 3.06. The molecule has 1 aromatic carbocycles. The van der Waals surface area contributed by atoms with E-state index >= 15 is 0 Å². The van der Waals surface area contributed by atoms with Crippen LogP contribution in [0.4, 0.5) is 8.78 Å². The quantitative estimate of drug-likeness (QED) is 0.838. The zero-order valence-electron chi connectivity index (χ0n) is 8.49. The zero-order valence-corrected chi connectivity index (χ0v) is 10.1. The van der Waals surface area contributed by atoms with E-state index in [-0.39, 0.29) is 22.8 Å². The van der Waals surface area contributed by atoms with Crippen LogP contribution in [0, 0.1) is 11.6 Å². The summed E-state index contributed by atoms with van der Waals surface area (Å²) in [6.45, 7) is 0. The van der Waals surface area contributed by atoms with Crippen molar-refractivity contribution in [3.63, 3.8) is 0 Å². The Morgan fingerprint density at radius 2 is 1.88 bits per heavy atom. The minimum atomic E-state index is -0.742. The molecule has 0 aliphatic heterocycles. The second-order valence-electron chi connectivity index (χ2n) is 3.42. The first-order valence-electron chi connectivity index (χ1n) is 4.68. The van der Waals surface area contributed by atoms with Crippen LogP contribution in [0.2, 0.25) is 0 Å². The van der Waals surface area contributed by atoms with Crippen LogP contribution in [0.5, 0.6) is 11.8 Å². The van der Waals surface area contributed by atoms with Gasteiger partial charge in [-0.1, -0.05) is 15.9 Å². The van der Waals surface area contributed by atoms with Crippen LogP contribution >= 0.6 is 15.9 Å². The van der Waals surface area contributed by atoms with Gasteiger partial charge in [0.1, 0.15) is 11.6 Å². The highest BCUT2D eigenvalue weighted by Crippen LogP contribution is 2.33. The maximum Gasteiger partial charge on any atom is 0.202 e. The molecule has 0 aliphatic rings. The number of rotatable bonds is 2. The second kappa shape index (κ2) is 4.37. The van der Waals surface area contributed by atoms with E-state index < -0.39 is 11.6 Å². The number of alkyl halides is 1. The first-order valence-corrected chi connectivity index (χ1v) is 5.80. The Morgan fingerprint density at radius 1 is 1.18 bits per heavy atom. The monoisotopic (exact) mass is 303 g/mol. The summed E-state index contributed by atoms with van der Waals surface area (Å²) >= 11 is 3.11. The third-order valence-electron chi connectivity index (χ3n) is 2.32. The first-order chi connectivity index (χ1) is 8.04. The highest BCUT2D eigenvalue weighted by atomic mass is 79.9. The first kappa shape index (κ1) is 11.9. The van der Waals surface area contributed by atoms with Crippen LogP contribution in [0.1, 0.15) is 5.56 Å². The van der Waals surface area contributed by atoms with Gasteiger partial charge in [0.25, 0.3) is 0 Å². The van der Waals surface area contributed by atoms with E-state index in [0.29, 0.717) is 5.56 Å². The molecule has 1 heterocycles. The number of halogens is 3. The molecule has 1 aromatic heterocycles. The summed E-state index contributed by atoms with van der Waals surface area (Å²) in [6, 6.07) is 4.06. The molecular weight excluding hydrogens is 296 g/mol. The highest BCUT2D eigenvalue weighted by Gasteiger charge is 2.17. The second-order valence-corrected chi connectivity index (χ2v) is 3.98. The van der Waals surface area contributed by atoms with Crippen molar-refractivity contribution in [2.24, 2.45) is 0 Å². The fourth-order valence-electron chi connectivity index (χ4n) is 1.53. The van der Waals surface area contributed by atoms with E-state index in [1.54, 1.807) is 0 Å². The average molecular weight is 304 g/mol. The molecule has 0 radical (unpaired) electrons. The predicted molar refractivity (Wildman–Crippen MR) is 61.6 cm³/mol. The van der Waals surface area contributed by atoms with Crippen LogP contribution in [0.3, 0.4) is 0 Å². The number of hydrogen-bond acceptors (Lipinski definition) is 2. The lowest BCUT2D eigenvalue weighted by molar-refractivity contribution is 0.397. The summed E-state index contributed by atoms with van der Waals surface area (Å²) in [5.41, 5.74) is 0.137. The van der Waals surface area contributed by atoms with Gasteiger partial charge in [0.15, 0.2) is 5.88 Å². The molecule has 6 heteroatoms. The minimum absolute atomic E-state index is 0.243. The number of benzene rings is 1. The number of aromatic hydroxyl groups is 2. The summed E-state index contributed by atoms with van der Waals surface area (Å²) in [4.78, 5) is 0. The maximum atomic E-state index is 13.5. The molecule has 0 bridgehead atoms. The summed E-state index contributed by atoms with van der Waals surface area (Å²) in [7, 11) is 0. The fourth-order valence-corrected chi connectivity index (χ4v) is 1.94. The average Bonchev–Trinajstić information content (AvgIpc) is 2.58. The van der Waals surface area contributed by atoms with Crippen molar-refractivity contribution in [3.05, 3.63) is 41.5 Å². The van der Waals surface area contributed by atoms with Crippen molar-refractivity contribution in [2.45, 2.75) is 5.33 Å². The van der Waals surface area contributed by atoms with Gasteiger partial charge in [0.2, 0.25) is 5.88 Å². The van der Waals surface area contributed by atoms with Gasteiger partial charge in [-0.25, -0.2) is 13.3 Å². The van der Waals surface area contributed by atoms with Crippen LogP contribution in [0.25, 0.3) is 5.69 Å². The molecule has 3 nitrogen and oxygen atoms in total. The van der Waals surface area contributed by atoms with Crippen LogP contribution in [-0.4, -0.2) is 14.8 Å². The summed E-state index contributed by atoms with van der Waals surface area (Å²) in [6.07, 6.45) is 0. The van der Waals surface area contributed by atoms with Gasteiger partial charge in [-0.05, 0) is 12.1 Å². The third kappa shape index (κ3) is 2.00. The SMILES string of the molecule is Oc1cc(CBr)c(O)n1-c1cc(F)ccc1F. The van der Waals surface area contributed by atoms with Gasteiger partial charge in [-0.3, -0.25) is 0 Å². The molecule has 0 saturated heterocycles. The summed E-state index contributed by atoms with van der Waals surface area (Å²) in [5.74, 6) is -2.09. The van der Waals surface area contributed by atoms with E-state index in [1.165, 1.54) is 6.07 Å². The molecular formula is C11H8BrF2NO2. The van der Waals surface area contributed by atoms with Crippen LogP contribution in [-0.2, 0) is 5.33 Å². The molecule has 0 spiro atoms. The topological polar surface area (TPSA) is 45.4 Å². The van der Waals surface area contributed by atoms with Crippen molar-refractivity contribution < 1.29 is 19.0 Å². The molecule has 2 N–H and O–H groups in total. The molecule has 0 fully saturated rings. The lowest BCUT2D eigenvalue weighted by Crippen LogP contribution is -1.97. The van der Waals surface area contributed by atoms with Gasteiger partial charge in [0, 0.05) is 23.0 Å². The standard InChI is InChI=1S/C11H8BrF2NO2/c12-5-6-3-10(16)15(11(6)17)9-4-7(13)1-2-8(9)14/h1-4,16-17H,5H2. The molecule has 0 amide bonds. The van der Waals surface area contributed by atoms with Crippen molar-refractivity contribution in [3.8, 4) is 17.4 Å². The lowest BCUT2D eigenvalue weighted by Gasteiger charge is -2.08. The van der Waals surface area contributed by atoms with E-state index in [1.807, 2.05) is 0 Å². The fraction of sp³-hybridized carbons (Fsp3) is 0.0909. The van der Waals surface area contributed by atoms with Gasteiger partial charge in [0.05, 0.1) is 5.69 Å². The van der Waals surface area contributed by atoms with Gasteiger partial charge >= 0.3 is 0 Å². The number of aromatic nitrogens is 1. The van der Waals surface area contributed by atoms with E-state index in [9.17, 15) is 19.0 Å². The largest absolute Gasteiger partial charge is 0.494 e. The number of hydrogen-bond donors (Lipinski definition) is 2. The normalized spacial score (nSPS) is 10.8. The molecule has 0 aliphatic carbocycles.